The van der Waals surface area contributed by atoms with Crippen LogP contribution in [0.5, 0.6) is 0 Å². The SMILES string of the molecule is O=P(Cl)(Cl)O/C(=C/Cl)CCl. The van der Waals surface area contributed by atoms with Gasteiger partial charge in [-0.15, -0.1) is 11.6 Å². The molecule has 0 aromatic rings. The quantitative estimate of drug-likeness (QED) is 0.427. The summed E-state index contributed by atoms with van der Waals surface area (Å²) in [6.45, 7) is 0. The Morgan fingerprint density at radius 3 is 2.20 bits per heavy atom. The van der Waals surface area contributed by atoms with Gasteiger partial charge in [-0.3, -0.25) is 0 Å². The first-order valence-corrected chi connectivity index (χ1v) is 6.44. The van der Waals surface area contributed by atoms with Crippen LogP contribution >= 0.6 is 51.8 Å². The van der Waals surface area contributed by atoms with Crippen LogP contribution in [0.2, 0.25) is 0 Å². The Bertz CT molecular complexity index is 173. The lowest BCUT2D eigenvalue weighted by Crippen LogP contribution is -1.84. The van der Waals surface area contributed by atoms with Crippen LogP contribution in [0.3, 0.4) is 0 Å². The number of halogens is 4. The number of hydrogen-bond donors (Lipinski definition) is 0. The molecular formula is C3H3Cl4O2P. The predicted octanol–water partition coefficient (Wildman–Crippen LogP) is 3.91. The highest BCUT2D eigenvalue weighted by atomic mass is 35.9. The summed E-state index contributed by atoms with van der Waals surface area (Å²) in [5.74, 6) is 0.0593. The highest BCUT2D eigenvalue weighted by Gasteiger charge is 2.16. The van der Waals surface area contributed by atoms with Gasteiger partial charge >= 0.3 is 6.07 Å². The molecule has 0 aromatic heterocycles. The fourth-order valence-electron chi connectivity index (χ4n) is 0.210. The molecule has 0 fully saturated rings. The van der Waals surface area contributed by atoms with Gasteiger partial charge in [0.25, 0.3) is 0 Å². The second kappa shape index (κ2) is 4.74. The van der Waals surface area contributed by atoms with Gasteiger partial charge in [-0.05, 0) is 0 Å². The van der Waals surface area contributed by atoms with Gasteiger partial charge in [0.15, 0.2) is 0 Å². The van der Waals surface area contributed by atoms with Crippen molar-refractivity contribution in [1.29, 1.82) is 0 Å². The van der Waals surface area contributed by atoms with Crippen molar-refractivity contribution >= 4 is 51.8 Å². The Hall–Kier alpha value is 0.930. The summed E-state index contributed by atoms with van der Waals surface area (Å²) < 4.78 is 14.9. The minimum Gasteiger partial charge on any atom is -0.425 e. The Morgan fingerprint density at radius 1 is 1.60 bits per heavy atom. The third-order valence-corrected chi connectivity index (χ3v) is 1.84. The molecule has 0 aliphatic heterocycles. The second-order valence-corrected chi connectivity index (χ2v) is 5.90. The Labute approximate surface area is 78.1 Å². The first-order valence-electron chi connectivity index (χ1n) is 2.04. The molecule has 0 saturated heterocycles. The summed E-state index contributed by atoms with van der Waals surface area (Å²) in [5, 5.41) is 0. The second-order valence-electron chi connectivity index (χ2n) is 1.21. The third-order valence-electron chi connectivity index (χ3n) is 0.477. The Kier molecular flexibility index (Phi) is 5.18. The zero-order chi connectivity index (χ0) is 8.20. The van der Waals surface area contributed by atoms with Crippen LogP contribution in [0.25, 0.3) is 0 Å². The van der Waals surface area contributed by atoms with Crippen molar-refractivity contribution < 1.29 is 9.09 Å². The minimum absolute atomic E-state index is 0.0209. The van der Waals surface area contributed by atoms with Crippen LogP contribution in [-0.4, -0.2) is 5.88 Å². The van der Waals surface area contributed by atoms with E-state index < -0.39 is 6.07 Å². The van der Waals surface area contributed by atoms with Gasteiger partial charge in [0.2, 0.25) is 0 Å². The molecule has 0 rings (SSSR count). The molecule has 0 heterocycles. The van der Waals surface area contributed by atoms with Gasteiger partial charge in [0, 0.05) is 28.0 Å². The van der Waals surface area contributed by atoms with E-state index >= 15 is 0 Å². The highest BCUT2D eigenvalue weighted by molar-refractivity contribution is 8.05. The van der Waals surface area contributed by atoms with Crippen LogP contribution < -0.4 is 0 Å². The largest absolute Gasteiger partial charge is 0.427 e. The van der Waals surface area contributed by atoms with Crippen molar-refractivity contribution in [2.75, 3.05) is 5.88 Å². The number of alkyl halides is 1. The molecule has 7 heteroatoms. The van der Waals surface area contributed by atoms with E-state index in [4.69, 9.17) is 45.7 Å². The van der Waals surface area contributed by atoms with Crippen molar-refractivity contribution in [2.45, 2.75) is 0 Å². The van der Waals surface area contributed by atoms with Gasteiger partial charge in [-0.1, -0.05) is 11.6 Å². The van der Waals surface area contributed by atoms with Crippen LogP contribution in [-0.2, 0) is 9.09 Å². The smallest absolute Gasteiger partial charge is 0.425 e. The summed E-state index contributed by atoms with van der Waals surface area (Å²) in [7, 11) is 0. The Morgan fingerprint density at radius 2 is 2.10 bits per heavy atom. The number of allylic oxidation sites excluding steroid dienone is 1. The molecule has 0 radical (unpaired) electrons. The van der Waals surface area contributed by atoms with Crippen LogP contribution in [0.1, 0.15) is 0 Å². The molecular weight excluding hydrogens is 241 g/mol. The van der Waals surface area contributed by atoms with Crippen molar-refractivity contribution in [2.24, 2.45) is 0 Å². The zero-order valence-electron chi connectivity index (χ0n) is 4.56. The lowest BCUT2D eigenvalue weighted by molar-refractivity contribution is 0.435. The van der Waals surface area contributed by atoms with Gasteiger partial charge < -0.3 is 4.52 Å². The first-order chi connectivity index (χ1) is 4.49. The number of rotatable bonds is 3. The molecule has 0 spiro atoms. The summed E-state index contributed by atoms with van der Waals surface area (Å²) in [5.41, 5.74) is 1.02. The number of hydrogen-bond acceptors (Lipinski definition) is 2. The molecule has 60 valence electrons. The minimum atomic E-state index is -3.55. The van der Waals surface area contributed by atoms with E-state index in [1.165, 1.54) is 0 Å². The fourth-order valence-corrected chi connectivity index (χ4v) is 1.60. The average molecular weight is 244 g/mol. The average Bonchev–Trinajstić information content (AvgIpc) is 1.81. The maximum atomic E-state index is 10.5. The lowest BCUT2D eigenvalue weighted by atomic mass is 10.7. The van der Waals surface area contributed by atoms with Gasteiger partial charge in [0.05, 0.1) is 5.88 Å². The van der Waals surface area contributed by atoms with Gasteiger partial charge in [-0.25, -0.2) is 4.57 Å². The molecule has 0 saturated carbocycles. The van der Waals surface area contributed by atoms with E-state index in [9.17, 15) is 4.57 Å². The van der Waals surface area contributed by atoms with Crippen LogP contribution in [0, 0.1) is 0 Å². The fraction of sp³-hybridized carbons (Fsp3) is 0.333. The molecule has 0 bridgehead atoms. The molecule has 0 amide bonds. The summed E-state index contributed by atoms with van der Waals surface area (Å²) >= 11 is 20.5. The van der Waals surface area contributed by atoms with Crippen molar-refractivity contribution in [3.05, 3.63) is 11.3 Å². The van der Waals surface area contributed by atoms with E-state index in [1.807, 2.05) is 0 Å². The van der Waals surface area contributed by atoms with Crippen molar-refractivity contribution in [1.82, 2.24) is 0 Å². The van der Waals surface area contributed by atoms with Crippen molar-refractivity contribution in [3.8, 4) is 0 Å². The Balaban J connectivity index is 4.02. The van der Waals surface area contributed by atoms with E-state index in [2.05, 4.69) is 4.52 Å². The van der Waals surface area contributed by atoms with Crippen LogP contribution in [0.15, 0.2) is 11.3 Å². The topological polar surface area (TPSA) is 26.3 Å². The highest BCUT2D eigenvalue weighted by Crippen LogP contribution is 2.59. The third kappa shape index (κ3) is 5.70. The molecule has 0 unspecified atom stereocenters. The molecule has 2 nitrogen and oxygen atoms in total. The maximum Gasteiger partial charge on any atom is 0.427 e. The monoisotopic (exact) mass is 242 g/mol. The summed E-state index contributed by atoms with van der Waals surface area (Å²) in [4.78, 5) is 0. The molecule has 0 aliphatic carbocycles. The van der Waals surface area contributed by atoms with E-state index in [1.54, 1.807) is 0 Å². The van der Waals surface area contributed by atoms with E-state index in [0.29, 0.717) is 0 Å². The van der Waals surface area contributed by atoms with Crippen LogP contribution in [0.4, 0.5) is 0 Å². The van der Waals surface area contributed by atoms with Gasteiger partial charge in [-0.2, -0.15) is 0 Å². The lowest BCUT2D eigenvalue weighted by Gasteiger charge is -2.05. The normalized spacial score (nSPS) is 13.4. The molecule has 0 atom stereocenters. The molecule has 10 heavy (non-hydrogen) atoms. The standard InChI is InChI=1S/C3H3Cl4O2P/c4-1-3(2-5)9-10(6,7)8/h1H,2H2/b3-1+. The molecule has 0 aliphatic rings. The zero-order valence-corrected chi connectivity index (χ0v) is 8.48. The van der Waals surface area contributed by atoms with Gasteiger partial charge in [0.1, 0.15) is 5.76 Å². The maximum absolute atomic E-state index is 10.5. The van der Waals surface area contributed by atoms with E-state index in [0.717, 1.165) is 5.54 Å². The molecule has 0 aromatic carbocycles. The van der Waals surface area contributed by atoms with Crippen molar-refractivity contribution in [3.63, 3.8) is 0 Å². The van der Waals surface area contributed by atoms with E-state index in [-0.39, 0.29) is 11.6 Å². The summed E-state index contributed by atoms with van der Waals surface area (Å²) in [6, 6.07) is 0. The molecule has 0 N–H and O–H groups in total. The predicted molar refractivity (Wildman–Crippen MR) is 45.1 cm³/mol. The first kappa shape index (κ1) is 10.9. The summed E-state index contributed by atoms with van der Waals surface area (Å²) in [6.07, 6.45) is -3.55.